The third-order valence-corrected chi connectivity index (χ3v) is 6.43. The van der Waals surface area contributed by atoms with Gasteiger partial charge in [-0.25, -0.2) is 0 Å². The van der Waals surface area contributed by atoms with Crippen molar-refractivity contribution in [2.45, 2.75) is 0 Å². The predicted octanol–water partition coefficient (Wildman–Crippen LogP) is 4.28. The van der Waals surface area contributed by atoms with Crippen molar-refractivity contribution in [1.82, 2.24) is 15.0 Å². The van der Waals surface area contributed by atoms with Gasteiger partial charge < -0.3 is 5.11 Å². The van der Waals surface area contributed by atoms with E-state index in [-0.39, 0.29) is 24.6 Å². The predicted molar refractivity (Wildman–Crippen MR) is 146 cm³/mol. The van der Waals surface area contributed by atoms with Crippen LogP contribution in [-0.4, -0.2) is 15.0 Å². The summed E-state index contributed by atoms with van der Waals surface area (Å²) < 4.78 is 0. The van der Waals surface area contributed by atoms with Crippen LogP contribution in [0.15, 0.2) is 134 Å². The Bertz CT molecular complexity index is 1640. The fourth-order valence-electron chi connectivity index (χ4n) is 4.49. The molecule has 3 aromatic heterocycles. The van der Waals surface area contributed by atoms with Crippen LogP contribution >= 0.6 is 0 Å². The van der Waals surface area contributed by atoms with Gasteiger partial charge in [-0.3, -0.25) is 15.0 Å². The molecular weight excluding hydrogens is 461 g/mol. The monoisotopic (exact) mass is 483 g/mol. The Kier molecular flexibility index (Phi) is 7.47. The summed E-state index contributed by atoms with van der Waals surface area (Å²) in [5.41, 5.74) is 8.99. The minimum atomic E-state index is -0.0384. The van der Waals surface area contributed by atoms with Crippen molar-refractivity contribution >= 4 is 0 Å². The number of hydrogen-bond acceptors (Lipinski definition) is 4. The molecule has 0 fully saturated rings. The Hall–Kier alpha value is -4.49. The molecule has 5 heteroatoms. The van der Waals surface area contributed by atoms with Crippen molar-refractivity contribution in [3.05, 3.63) is 134 Å². The first-order valence-corrected chi connectivity index (χ1v) is 12.0. The molecule has 0 saturated heterocycles. The number of pyridine rings is 3. The first-order valence-electron chi connectivity index (χ1n) is 12.0. The molecule has 0 amide bonds. The number of rotatable bonds is 5. The normalized spacial score (nSPS) is 10.5. The van der Waals surface area contributed by atoms with Crippen LogP contribution in [0, 0.1) is 0 Å². The van der Waals surface area contributed by atoms with Gasteiger partial charge in [0.05, 0.1) is 5.69 Å². The molecule has 6 rings (SSSR count). The minimum Gasteiger partial charge on any atom is -0.872 e. The average molecular weight is 484 g/mol. The summed E-state index contributed by atoms with van der Waals surface area (Å²) in [6, 6.07) is 33.9. The van der Waals surface area contributed by atoms with Gasteiger partial charge in [0, 0.05) is 31.0 Å². The molecule has 3 aromatic carbocycles. The Morgan fingerprint density at radius 3 is 1.47 bits per heavy atom. The molecule has 0 radical (unpaired) electrons. The quantitative estimate of drug-likeness (QED) is 0.344. The maximum atomic E-state index is 13.7. The molecule has 0 N–H and O–H groups in total. The van der Waals surface area contributed by atoms with Crippen LogP contribution in [0.3, 0.4) is 0 Å². The molecule has 6 aromatic rings. The Morgan fingerprint density at radius 1 is 0.447 bits per heavy atom. The molecule has 176 valence electrons. The van der Waals surface area contributed by atoms with Gasteiger partial charge in [0.25, 0.3) is 0 Å². The van der Waals surface area contributed by atoms with Crippen LogP contribution in [0.5, 0.6) is 5.75 Å². The van der Waals surface area contributed by atoms with Crippen LogP contribution in [0.4, 0.5) is 0 Å². The van der Waals surface area contributed by atoms with Crippen LogP contribution in [0.25, 0.3) is 55.8 Å². The second-order valence-electron chi connectivity index (χ2n) is 8.75. The molecule has 0 bridgehead atoms. The van der Waals surface area contributed by atoms with E-state index in [0.717, 1.165) is 38.9 Å². The van der Waals surface area contributed by atoms with Crippen LogP contribution in [-0.2, 0) is 0 Å². The van der Waals surface area contributed by atoms with Gasteiger partial charge in [-0.15, -0.1) is 0 Å². The molecule has 0 aliphatic carbocycles. The molecule has 0 spiro atoms. The van der Waals surface area contributed by atoms with Crippen molar-refractivity contribution < 1.29 is 24.0 Å². The standard InChI is InChI=1S/C33H23N3O.Li/c37-33-30(26-14-12-24(13-15-26)28-6-4-17-35-22-28)19-29(20-31(33)32-7-1-2-18-36-32)25-10-8-23(9-11-25)27-5-3-16-34-21-27;/h1-22,37H;/q;+1/p-1. The third-order valence-electron chi connectivity index (χ3n) is 6.43. The fourth-order valence-corrected chi connectivity index (χ4v) is 4.49. The second-order valence-corrected chi connectivity index (χ2v) is 8.75. The van der Waals surface area contributed by atoms with Crippen molar-refractivity contribution in [2.75, 3.05) is 0 Å². The van der Waals surface area contributed by atoms with Gasteiger partial charge in [-0.1, -0.05) is 72.5 Å². The maximum Gasteiger partial charge on any atom is 1.00 e. The van der Waals surface area contributed by atoms with Crippen LogP contribution in [0.1, 0.15) is 0 Å². The number of aromatic nitrogens is 3. The van der Waals surface area contributed by atoms with Gasteiger partial charge in [0.1, 0.15) is 0 Å². The summed E-state index contributed by atoms with van der Waals surface area (Å²) in [5, 5.41) is 13.7. The topological polar surface area (TPSA) is 61.7 Å². The molecular formula is C33H22LiN3O. The van der Waals surface area contributed by atoms with Gasteiger partial charge in [-0.2, -0.15) is 0 Å². The van der Waals surface area contributed by atoms with Crippen molar-refractivity contribution in [3.8, 4) is 61.5 Å². The molecule has 0 aliphatic rings. The molecule has 38 heavy (non-hydrogen) atoms. The summed E-state index contributed by atoms with van der Waals surface area (Å²) in [5.74, 6) is -0.0384. The van der Waals surface area contributed by atoms with E-state index in [2.05, 4.69) is 39.2 Å². The number of hydrogen-bond donors (Lipinski definition) is 0. The fraction of sp³-hybridized carbons (Fsp3) is 0. The van der Waals surface area contributed by atoms with E-state index in [9.17, 15) is 5.11 Å². The zero-order chi connectivity index (χ0) is 25.0. The first kappa shape index (κ1) is 25.2. The van der Waals surface area contributed by atoms with E-state index in [1.54, 1.807) is 18.6 Å². The first-order chi connectivity index (χ1) is 18.3. The average Bonchev–Trinajstić information content (AvgIpc) is 2.99. The zero-order valence-electron chi connectivity index (χ0n) is 21.0. The summed E-state index contributed by atoms with van der Waals surface area (Å²) in [6.07, 6.45) is 8.94. The summed E-state index contributed by atoms with van der Waals surface area (Å²) >= 11 is 0. The van der Waals surface area contributed by atoms with E-state index in [1.807, 2.05) is 91.3 Å². The molecule has 3 heterocycles. The van der Waals surface area contributed by atoms with Gasteiger partial charge in [0.15, 0.2) is 0 Å². The molecule has 0 unspecified atom stereocenters. The summed E-state index contributed by atoms with van der Waals surface area (Å²) in [4.78, 5) is 12.9. The summed E-state index contributed by atoms with van der Waals surface area (Å²) in [6.45, 7) is 0. The van der Waals surface area contributed by atoms with Crippen LogP contribution < -0.4 is 24.0 Å². The van der Waals surface area contributed by atoms with Crippen molar-refractivity contribution in [3.63, 3.8) is 0 Å². The Labute approximate surface area is 233 Å². The van der Waals surface area contributed by atoms with E-state index < -0.39 is 0 Å². The molecule has 0 saturated carbocycles. The van der Waals surface area contributed by atoms with Gasteiger partial charge in [0.2, 0.25) is 0 Å². The van der Waals surface area contributed by atoms with E-state index >= 15 is 0 Å². The molecule has 0 aliphatic heterocycles. The Balaban J connectivity index is 0.00000294. The van der Waals surface area contributed by atoms with Crippen LogP contribution in [0.2, 0.25) is 0 Å². The zero-order valence-corrected chi connectivity index (χ0v) is 21.0. The van der Waals surface area contributed by atoms with Gasteiger partial charge >= 0.3 is 18.9 Å². The van der Waals surface area contributed by atoms with Crippen molar-refractivity contribution in [1.29, 1.82) is 0 Å². The van der Waals surface area contributed by atoms with E-state index in [4.69, 9.17) is 0 Å². The van der Waals surface area contributed by atoms with Gasteiger partial charge in [-0.05, 0) is 86.5 Å². The van der Waals surface area contributed by atoms with E-state index in [0.29, 0.717) is 16.8 Å². The molecule has 4 nitrogen and oxygen atoms in total. The van der Waals surface area contributed by atoms with Crippen molar-refractivity contribution in [2.24, 2.45) is 0 Å². The Morgan fingerprint density at radius 2 is 0.974 bits per heavy atom. The minimum absolute atomic E-state index is 0. The largest absolute Gasteiger partial charge is 1.00 e. The summed E-state index contributed by atoms with van der Waals surface area (Å²) in [7, 11) is 0. The smallest absolute Gasteiger partial charge is 0.872 e. The van der Waals surface area contributed by atoms with E-state index in [1.165, 1.54) is 0 Å². The molecule has 0 atom stereocenters. The second kappa shape index (κ2) is 11.3. The third kappa shape index (κ3) is 5.14. The maximum absolute atomic E-state index is 13.7. The number of nitrogens with zero attached hydrogens (tertiary/aromatic N) is 3. The number of benzene rings is 3. The SMILES string of the molecule is [Li+].[O-]c1c(-c2ccc(-c3cccnc3)cc2)cc(-c2ccc(-c3cccnc3)cc2)cc1-c1ccccn1.